The molecular weight excluding hydrogens is 490 g/mol. The molecule has 1 unspecified atom stereocenters. The van der Waals surface area contributed by atoms with Crippen molar-refractivity contribution in [2.45, 2.75) is 31.3 Å². The third kappa shape index (κ3) is 6.00. The number of carbonyl (C=O) groups excluding carboxylic acids is 2. The third-order valence-electron chi connectivity index (χ3n) is 6.31. The summed E-state index contributed by atoms with van der Waals surface area (Å²) in [6.45, 7) is 3.56. The maximum Gasteiger partial charge on any atom is 0.262 e. The highest BCUT2D eigenvalue weighted by Crippen LogP contribution is 2.33. The maximum atomic E-state index is 13.4. The zero-order chi connectivity index (χ0) is 26.6. The third-order valence-corrected chi connectivity index (χ3v) is 8.26. The minimum Gasteiger partial charge on any atom is -0.477 e. The van der Waals surface area contributed by atoms with Crippen LogP contribution in [0.1, 0.15) is 16.7 Å². The Balaban J connectivity index is 1.47. The van der Waals surface area contributed by atoms with Crippen LogP contribution in [0.3, 0.4) is 0 Å². The Kier molecular flexibility index (Phi) is 7.94. The molecule has 0 saturated carbocycles. The van der Waals surface area contributed by atoms with Crippen molar-refractivity contribution in [3.8, 4) is 5.75 Å². The highest BCUT2D eigenvalue weighted by Gasteiger charge is 2.35. The summed E-state index contributed by atoms with van der Waals surface area (Å²) in [6.07, 6.45) is -0.255. The first-order chi connectivity index (χ1) is 17.7. The number of amides is 2. The molecule has 0 bridgehead atoms. The number of anilines is 1. The summed E-state index contributed by atoms with van der Waals surface area (Å²) in [5, 5.41) is 2.88. The van der Waals surface area contributed by atoms with E-state index in [1.807, 2.05) is 43.3 Å². The fourth-order valence-electron chi connectivity index (χ4n) is 4.21. The van der Waals surface area contributed by atoms with E-state index in [-0.39, 0.29) is 23.9 Å². The molecule has 0 aromatic heterocycles. The lowest BCUT2D eigenvalue weighted by Crippen LogP contribution is -2.52. The molecule has 1 aliphatic rings. The van der Waals surface area contributed by atoms with E-state index in [4.69, 9.17) is 4.74 Å². The molecule has 2 amide bonds. The number of likely N-dealkylation sites (N-methyl/N-ethyl adjacent to an activating group) is 1. The monoisotopic (exact) mass is 521 g/mol. The lowest BCUT2D eigenvalue weighted by Gasteiger charge is -2.35. The zero-order valence-corrected chi connectivity index (χ0v) is 22.0. The number of ether oxygens (including phenoxy) is 1. The standard InChI is InChI=1S/C28H31N3O5S/c1-20-13-14-21(2)26(17-20)37(34,35)30(3)19-27(32)31-18-25(36-24-12-8-7-11-23(24)31)28(33)29-16-15-22-9-5-4-6-10-22/h4-14,17,25H,15-16,18-19H2,1-3H3,(H,29,33). The van der Waals surface area contributed by atoms with Gasteiger partial charge >= 0.3 is 0 Å². The number of sulfonamides is 1. The van der Waals surface area contributed by atoms with Crippen LogP contribution in [0.4, 0.5) is 5.69 Å². The van der Waals surface area contributed by atoms with Gasteiger partial charge in [0.1, 0.15) is 5.75 Å². The van der Waals surface area contributed by atoms with Crippen LogP contribution >= 0.6 is 0 Å². The number of para-hydroxylation sites is 2. The van der Waals surface area contributed by atoms with Crippen molar-refractivity contribution >= 4 is 27.5 Å². The molecule has 1 heterocycles. The average Bonchev–Trinajstić information content (AvgIpc) is 2.89. The number of hydrogen-bond donors (Lipinski definition) is 1. The Morgan fingerprint density at radius 1 is 1.03 bits per heavy atom. The Bertz CT molecular complexity index is 1390. The van der Waals surface area contributed by atoms with Gasteiger partial charge in [0.2, 0.25) is 15.9 Å². The lowest BCUT2D eigenvalue weighted by atomic mass is 10.1. The molecule has 0 radical (unpaired) electrons. The molecule has 0 saturated heterocycles. The van der Waals surface area contributed by atoms with Crippen LogP contribution in [0.15, 0.2) is 77.7 Å². The molecular formula is C28H31N3O5S. The van der Waals surface area contributed by atoms with E-state index in [0.29, 0.717) is 30.0 Å². The van der Waals surface area contributed by atoms with Gasteiger partial charge in [-0.05, 0) is 55.2 Å². The molecule has 1 atom stereocenters. The second kappa shape index (κ2) is 11.1. The van der Waals surface area contributed by atoms with Gasteiger partial charge in [0.05, 0.1) is 23.7 Å². The Morgan fingerprint density at radius 3 is 2.49 bits per heavy atom. The second-order valence-electron chi connectivity index (χ2n) is 9.14. The van der Waals surface area contributed by atoms with Crippen LogP contribution in [-0.4, -0.2) is 57.3 Å². The fourth-order valence-corrected chi connectivity index (χ4v) is 5.64. The minimum atomic E-state index is -3.90. The van der Waals surface area contributed by atoms with Gasteiger partial charge in [-0.1, -0.05) is 54.6 Å². The van der Waals surface area contributed by atoms with Crippen LogP contribution in [0.25, 0.3) is 0 Å². The SMILES string of the molecule is Cc1ccc(C)c(S(=O)(=O)N(C)CC(=O)N2CC(C(=O)NCCc3ccccc3)Oc3ccccc32)c1. The van der Waals surface area contributed by atoms with Crippen molar-refractivity contribution in [1.29, 1.82) is 0 Å². The van der Waals surface area contributed by atoms with Crippen LogP contribution < -0.4 is 15.0 Å². The lowest BCUT2D eigenvalue weighted by molar-refractivity contribution is -0.128. The van der Waals surface area contributed by atoms with Crippen molar-refractivity contribution < 1.29 is 22.7 Å². The van der Waals surface area contributed by atoms with Crippen LogP contribution in [-0.2, 0) is 26.0 Å². The van der Waals surface area contributed by atoms with E-state index in [9.17, 15) is 18.0 Å². The Morgan fingerprint density at radius 2 is 1.73 bits per heavy atom. The molecule has 37 heavy (non-hydrogen) atoms. The quantitative estimate of drug-likeness (QED) is 0.492. The number of rotatable bonds is 8. The predicted octanol–water partition coefficient (Wildman–Crippen LogP) is 3.08. The molecule has 9 heteroatoms. The summed E-state index contributed by atoms with van der Waals surface area (Å²) in [5.74, 6) is -0.390. The summed E-state index contributed by atoms with van der Waals surface area (Å²) >= 11 is 0. The zero-order valence-electron chi connectivity index (χ0n) is 21.2. The first-order valence-electron chi connectivity index (χ1n) is 12.1. The highest BCUT2D eigenvalue weighted by molar-refractivity contribution is 7.89. The van der Waals surface area contributed by atoms with Gasteiger partial charge in [0, 0.05) is 13.6 Å². The van der Waals surface area contributed by atoms with Gasteiger partial charge in [-0.15, -0.1) is 0 Å². The van der Waals surface area contributed by atoms with Crippen LogP contribution in [0.5, 0.6) is 5.75 Å². The summed E-state index contributed by atoms with van der Waals surface area (Å²) in [4.78, 5) is 27.9. The molecule has 194 valence electrons. The average molecular weight is 522 g/mol. The molecule has 3 aromatic carbocycles. The summed E-state index contributed by atoms with van der Waals surface area (Å²) in [7, 11) is -2.51. The summed E-state index contributed by atoms with van der Waals surface area (Å²) < 4.78 is 33.4. The first-order valence-corrected chi connectivity index (χ1v) is 13.5. The first kappa shape index (κ1) is 26.4. The molecule has 4 rings (SSSR count). The number of fused-ring (bicyclic) bond motifs is 1. The van der Waals surface area contributed by atoms with Crippen molar-refractivity contribution in [3.05, 3.63) is 89.5 Å². The van der Waals surface area contributed by atoms with Crippen molar-refractivity contribution in [1.82, 2.24) is 9.62 Å². The second-order valence-corrected chi connectivity index (χ2v) is 11.1. The van der Waals surface area contributed by atoms with Gasteiger partial charge in [-0.25, -0.2) is 8.42 Å². The van der Waals surface area contributed by atoms with E-state index >= 15 is 0 Å². The summed E-state index contributed by atoms with van der Waals surface area (Å²) in [5.41, 5.74) is 3.02. The van der Waals surface area contributed by atoms with Crippen LogP contribution in [0, 0.1) is 13.8 Å². The van der Waals surface area contributed by atoms with Gasteiger partial charge in [-0.2, -0.15) is 4.31 Å². The number of hydrogen-bond acceptors (Lipinski definition) is 5. The summed E-state index contributed by atoms with van der Waals surface area (Å²) in [6, 6.07) is 21.9. The largest absolute Gasteiger partial charge is 0.477 e. The number of nitrogens with one attached hydrogen (secondary N) is 1. The topological polar surface area (TPSA) is 96.0 Å². The number of aryl methyl sites for hydroxylation is 2. The molecule has 0 aliphatic carbocycles. The van der Waals surface area contributed by atoms with Crippen molar-refractivity contribution in [2.75, 3.05) is 31.6 Å². The van der Waals surface area contributed by atoms with E-state index in [1.54, 1.807) is 43.3 Å². The Hall–Kier alpha value is -3.69. The number of nitrogens with zero attached hydrogens (tertiary/aromatic N) is 2. The molecule has 1 aliphatic heterocycles. The normalized spacial score (nSPS) is 15.1. The number of carbonyl (C=O) groups is 2. The van der Waals surface area contributed by atoms with E-state index in [0.717, 1.165) is 15.4 Å². The van der Waals surface area contributed by atoms with Gasteiger partial charge in [-0.3, -0.25) is 9.59 Å². The van der Waals surface area contributed by atoms with E-state index in [2.05, 4.69) is 5.32 Å². The van der Waals surface area contributed by atoms with Gasteiger partial charge in [0.25, 0.3) is 5.91 Å². The molecule has 1 N–H and O–H groups in total. The molecule has 0 fully saturated rings. The predicted molar refractivity (Wildman–Crippen MR) is 142 cm³/mol. The smallest absolute Gasteiger partial charge is 0.262 e. The fraction of sp³-hybridized carbons (Fsp3) is 0.286. The van der Waals surface area contributed by atoms with E-state index < -0.39 is 22.0 Å². The molecule has 8 nitrogen and oxygen atoms in total. The van der Waals surface area contributed by atoms with Crippen molar-refractivity contribution in [2.24, 2.45) is 0 Å². The van der Waals surface area contributed by atoms with Crippen molar-refractivity contribution in [3.63, 3.8) is 0 Å². The van der Waals surface area contributed by atoms with Crippen LogP contribution in [0.2, 0.25) is 0 Å². The molecule has 3 aromatic rings. The minimum absolute atomic E-state index is 0.0234. The highest BCUT2D eigenvalue weighted by atomic mass is 32.2. The maximum absolute atomic E-state index is 13.4. The number of benzene rings is 3. The van der Waals surface area contributed by atoms with E-state index in [1.165, 1.54) is 11.9 Å². The van der Waals surface area contributed by atoms with Gasteiger partial charge < -0.3 is 15.0 Å². The Labute approximate surface area is 217 Å². The molecule has 0 spiro atoms. The van der Waals surface area contributed by atoms with Gasteiger partial charge in [0.15, 0.2) is 6.10 Å².